The van der Waals surface area contributed by atoms with Crippen molar-refractivity contribution < 1.29 is 4.79 Å². The van der Waals surface area contributed by atoms with Gasteiger partial charge in [-0.3, -0.25) is 0 Å². The van der Waals surface area contributed by atoms with Gasteiger partial charge in [0.2, 0.25) is 0 Å². The normalized spacial score (nSPS) is 15.4. The Hall–Kier alpha value is -1.55. The number of carbonyl (C=O) groups excluding carboxylic acids is 1. The van der Waals surface area contributed by atoms with Gasteiger partial charge in [0.25, 0.3) is 0 Å². The largest absolute Gasteiger partial charge is 0.335 e. The molecule has 0 unspecified atom stereocenters. The highest BCUT2D eigenvalue weighted by molar-refractivity contribution is 5.89. The van der Waals surface area contributed by atoms with Crippen LogP contribution in [0.5, 0.6) is 0 Å². The van der Waals surface area contributed by atoms with Crippen LogP contribution < -0.4 is 16.4 Å². The van der Waals surface area contributed by atoms with Crippen LogP contribution in [0.1, 0.15) is 37.7 Å². The Kier molecular flexibility index (Phi) is 5.21. The second-order valence-corrected chi connectivity index (χ2v) is 5.17. The number of rotatable bonds is 5. The lowest BCUT2D eigenvalue weighted by Crippen LogP contribution is -2.36. The van der Waals surface area contributed by atoms with Gasteiger partial charge >= 0.3 is 6.03 Å². The third-order valence-corrected chi connectivity index (χ3v) is 3.54. The summed E-state index contributed by atoms with van der Waals surface area (Å²) in [6.07, 6.45) is 6.57. The van der Waals surface area contributed by atoms with Crippen molar-refractivity contribution >= 4 is 11.7 Å². The lowest BCUT2D eigenvalue weighted by molar-refractivity contribution is 0.248. The average Bonchev–Trinajstić information content (AvgIpc) is 2.89. The van der Waals surface area contributed by atoms with Crippen molar-refractivity contribution in [1.29, 1.82) is 0 Å². The van der Waals surface area contributed by atoms with Gasteiger partial charge in [0.05, 0.1) is 0 Å². The molecule has 4 N–H and O–H groups in total. The number of urea groups is 1. The first-order chi connectivity index (χ1) is 9.28. The van der Waals surface area contributed by atoms with E-state index in [2.05, 4.69) is 16.7 Å². The Bertz CT molecular complexity index is 414. The van der Waals surface area contributed by atoms with Gasteiger partial charge in [-0.15, -0.1) is 0 Å². The van der Waals surface area contributed by atoms with Crippen molar-refractivity contribution in [3.63, 3.8) is 0 Å². The minimum atomic E-state index is -0.0946. The van der Waals surface area contributed by atoms with Crippen molar-refractivity contribution in [3.8, 4) is 0 Å². The molecule has 2 amide bonds. The second-order valence-electron chi connectivity index (χ2n) is 5.17. The van der Waals surface area contributed by atoms with Crippen molar-refractivity contribution in [2.45, 2.75) is 44.6 Å². The van der Waals surface area contributed by atoms with E-state index in [-0.39, 0.29) is 6.03 Å². The first kappa shape index (κ1) is 13.9. The van der Waals surface area contributed by atoms with E-state index in [1.807, 2.05) is 18.2 Å². The molecule has 19 heavy (non-hydrogen) atoms. The minimum absolute atomic E-state index is 0.0946. The molecule has 0 aliphatic heterocycles. The molecule has 1 aromatic rings. The molecule has 0 spiro atoms. The van der Waals surface area contributed by atoms with E-state index in [1.165, 1.54) is 18.4 Å². The maximum atomic E-state index is 11.9. The molecule has 1 saturated carbocycles. The maximum Gasteiger partial charge on any atom is 0.319 e. The molecule has 104 valence electrons. The van der Waals surface area contributed by atoms with Crippen LogP contribution in [-0.4, -0.2) is 18.6 Å². The molecule has 0 aromatic heterocycles. The quantitative estimate of drug-likeness (QED) is 0.762. The van der Waals surface area contributed by atoms with Crippen molar-refractivity contribution in [3.05, 3.63) is 29.8 Å². The summed E-state index contributed by atoms with van der Waals surface area (Å²) in [7, 11) is 0. The Balaban J connectivity index is 1.85. The van der Waals surface area contributed by atoms with Crippen LogP contribution in [0.3, 0.4) is 0 Å². The lowest BCUT2D eigenvalue weighted by Gasteiger charge is -2.13. The number of hydrogen-bond donors (Lipinski definition) is 3. The molecule has 0 heterocycles. The van der Waals surface area contributed by atoms with Crippen LogP contribution in [-0.2, 0) is 6.42 Å². The number of carbonyl (C=O) groups is 1. The SMILES string of the molecule is NCCCc1cccc(NC(=O)NC2CCCC2)c1. The molecule has 2 rings (SSSR count). The minimum Gasteiger partial charge on any atom is -0.335 e. The molecule has 0 saturated heterocycles. The fourth-order valence-electron chi connectivity index (χ4n) is 2.53. The zero-order valence-corrected chi connectivity index (χ0v) is 11.3. The number of aryl methyl sites for hydroxylation is 1. The van der Waals surface area contributed by atoms with E-state index in [9.17, 15) is 4.79 Å². The van der Waals surface area contributed by atoms with Crippen molar-refractivity contribution in [1.82, 2.24) is 5.32 Å². The zero-order valence-electron chi connectivity index (χ0n) is 11.3. The van der Waals surface area contributed by atoms with Gasteiger partial charge in [-0.05, 0) is 49.9 Å². The number of anilines is 1. The molecule has 0 radical (unpaired) electrons. The fourth-order valence-corrected chi connectivity index (χ4v) is 2.53. The first-order valence-electron chi connectivity index (χ1n) is 7.14. The molecular formula is C15H23N3O. The van der Waals surface area contributed by atoms with E-state index in [0.29, 0.717) is 12.6 Å². The van der Waals surface area contributed by atoms with Gasteiger partial charge in [0, 0.05) is 11.7 Å². The Labute approximate surface area is 114 Å². The van der Waals surface area contributed by atoms with E-state index in [0.717, 1.165) is 31.4 Å². The molecule has 1 aliphatic carbocycles. The maximum absolute atomic E-state index is 11.9. The summed E-state index contributed by atoms with van der Waals surface area (Å²) in [5.41, 5.74) is 7.57. The summed E-state index contributed by atoms with van der Waals surface area (Å²) >= 11 is 0. The topological polar surface area (TPSA) is 67.1 Å². The summed E-state index contributed by atoms with van der Waals surface area (Å²) in [4.78, 5) is 11.9. The van der Waals surface area contributed by atoms with Gasteiger partial charge < -0.3 is 16.4 Å². The summed E-state index contributed by atoms with van der Waals surface area (Å²) < 4.78 is 0. The van der Waals surface area contributed by atoms with Crippen LogP contribution in [0.2, 0.25) is 0 Å². The molecule has 4 nitrogen and oxygen atoms in total. The van der Waals surface area contributed by atoms with Gasteiger partial charge in [-0.25, -0.2) is 4.79 Å². The summed E-state index contributed by atoms with van der Waals surface area (Å²) in [6, 6.07) is 8.22. The molecule has 1 aromatic carbocycles. The number of nitrogens with one attached hydrogen (secondary N) is 2. The molecule has 1 fully saturated rings. The zero-order chi connectivity index (χ0) is 13.5. The standard InChI is InChI=1S/C15H23N3O/c16-10-4-6-12-5-3-9-14(11-12)18-15(19)17-13-7-1-2-8-13/h3,5,9,11,13H,1-2,4,6-8,10,16H2,(H2,17,18,19). The highest BCUT2D eigenvalue weighted by Gasteiger charge is 2.16. The monoisotopic (exact) mass is 261 g/mol. The van der Waals surface area contributed by atoms with Crippen LogP contribution in [0.15, 0.2) is 24.3 Å². The predicted octanol–water partition coefficient (Wildman–Crippen LogP) is 2.64. The van der Waals surface area contributed by atoms with Gasteiger partial charge in [-0.2, -0.15) is 0 Å². The highest BCUT2D eigenvalue weighted by atomic mass is 16.2. The van der Waals surface area contributed by atoms with E-state index < -0.39 is 0 Å². The fraction of sp³-hybridized carbons (Fsp3) is 0.533. The van der Waals surface area contributed by atoms with Crippen LogP contribution in [0, 0.1) is 0 Å². The highest BCUT2D eigenvalue weighted by Crippen LogP contribution is 2.18. The average molecular weight is 261 g/mol. The van der Waals surface area contributed by atoms with Crippen LogP contribution in [0.25, 0.3) is 0 Å². The second kappa shape index (κ2) is 7.14. The summed E-state index contributed by atoms with van der Waals surface area (Å²) in [5, 5.41) is 5.92. The molecule has 4 heteroatoms. The molecule has 0 atom stereocenters. The Morgan fingerprint density at radius 2 is 2.11 bits per heavy atom. The third-order valence-electron chi connectivity index (χ3n) is 3.54. The van der Waals surface area contributed by atoms with Crippen LogP contribution >= 0.6 is 0 Å². The van der Waals surface area contributed by atoms with Gasteiger partial charge in [0.1, 0.15) is 0 Å². The van der Waals surface area contributed by atoms with E-state index >= 15 is 0 Å². The number of benzene rings is 1. The summed E-state index contributed by atoms with van der Waals surface area (Å²) in [5.74, 6) is 0. The molecular weight excluding hydrogens is 238 g/mol. The van der Waals surface area contributed by atoms with Crippen LogP contribution in [0.4, 0.5) is 10.5 Å². The Morgan fingerprint density at radius 1 is 1.32 bits per heavy atom. The smallest absolute Gasteiger partial charge is 0.319 e. The van der Waals surface area contributed by atoms with Gasteiger partial charge in [0.15, 0.2) is 0 Å². The van der Waals surface area contributed by atoms with Crippen molar-refractivity contribution in [2.24, 2.45) is 5.73 Å². The number of hydrogen-bond acceptors (Lipinski definition) is 2. The van der Waals surface area contributed by atoms with E-state index in [4.69, 9.17) is 5.73 Å². The molecule has 0 bridgehead atoms. The summed E-state index contributed by atoms with van der Waals surface area (Å²) in [6.45, 7) is 0.694. The first-order valence-corrected chi connectivity index (χ1v) is 7.14. The molecule has 1 aliphatic rings. The number of nitrogens with two attached hydrogens (primary N) is 1. The number of amides is 2. The van der Waals surface area contributed by atoms with E-state index in [1.54, 1.807) is 0 Å². The lowest BCUT2D eigenvalue weighted by atomic mass is 10.1. The Morgan fingerprint density at radius 3 is 2.84 bits per heavy atom. The third kappa shape index (κ3) is 4.56. The van der Waals surface area contributed by atoms with Crippen molar-refractivity contribution in [2.75, 3.05) is 11.9 Å². The van der Waals surface area contributed by atoms with Gasteiger partial charge in [-0.1, -0.05) is 25.0 Å². The predicted molar refractivity (Wildman–Crippen MR) is 78.2 cm³/mol.